The molecule has 1 rings (SSSR count). The molecule has 0 saturated carbocycles. The molecule has 0 aliphatic rings. The Balaban J connectivity index is 2.33. The van der Waals surface area contributed by atoms with Gasteiger partial charge < -0.3 is 10.1 Å². The van der Waals surface area contributed by atoms with E-state index >= 15 is 0 Å². The molecule has 0 atom stereocenters. The van der Waals surface area contributed by atoms with E-state index in [0.29, 0.717) is 18.0 Å². The lowest BCUT2D eigenvalue weighted by atomic mass is 10.3. The fourth-order valence-electron chi connectivity index (χ4n) is 1.33. The first kappa shape index (κ1) is 15.2. The summed E-state index contributed by atoms with van der Waals surface area (Å²) in [6.07, 6.45) is 1.12. The van der Waals surface area contributed by atoms with Crippen LogP contribution in [0.15, 0.2) is 12.1 Å². The highest BCUT2D eigenvalue weighted by atomic mass is 79.9. The second-order valence-corrected chi connectivity index (χ2v) is 5.48. The van der Waals surface area contributed by atoms with Gasteiger partial charge in [0.25, 0.3) is 5.91 Å². The number of carbonyl (C=O) groups excluding carboxylic acids is 2. The number of aryl methyl sites for hydroxylation is 1. The maximum Gasteiger partial charge on any atom is 0.307 e. The van der Waals surface area contributed by atoms with Crippen molar-refractivity contribution in [1.29, 1.82) is 0 Å². The highest BCUT2D eigenvalue weighted by Gasteiger charge is 2.09. The molecule has 0 spiro atoms. The largest absolute Gasteiger partial charge is 0.466 e. The molecule has 0 aliphatic heterocycles. The van der Waals surface area contributed by atoms with Crippen molar-refractivity contribution < 1.29 is 14.3 Å². The molecule has 0 aromatic carbocycles. The van der Waals surface area contributed by atoms with Crippen LogP contribution in [0, 0.1) is 0 Å². The van der Waals surface area contributed by atoms with Crippen LogP contribution in [-0.4, -0.2) is 30.4 Å². The van der Waals surface area contributed by atoms with E-state index in [1.54, 1.807) is 6.92 Å². The van der Waals surface area contributed by atoms with Crippen LogP contribution in [0.25, 0.3) is 0 Å². The number of ether oxygens (including phenoxy) is 1. The molecule has 0 unspecified atom stereocenters. The number of hydrogen-bond donors (Lipinski definition) is 1. The van der Waals surface area contributed by atoms with Crippen LogP contribution in [0.5, 0.6) is 0 Å². The minimum absolute atomic E-state index is 0.134. The van der Waals surface area contributed by atoms with Crippen LogP contribution in [0.3, 0.4) is 0 Å². The van der Waals surface area contributed by atoms with Gasteiger partial charge in [-0.2, -0.15) is 0 Å². The molecule has 1 aromatic rings. The van der Waals surface area contributed by atoms with Gasteiger partial charge in [0.15, 0.2) is 0 Å². The van der Waals surface area contributed by atoms with E-state index in [9.17, 15) is 9.59 Å². The average molecular weight is 334 g/mol. The van der Waals surface area contributed by atoms with Gasteiger partial charge in [0.1, 0.15) is 0 Å². The first-order chi connectivity index (χ1) is 8.67. The fraction of sp³-hybridized carbons (Fsp3) is 0.500. The van der Waals surface area contributed by atoms with Gasteiger partial charge in [-0.25, -0.2) is 0 Å². The van der Waals surface area contributed by atoms with Crippen molar-refractivity contribution in [3.8, 4) is 0 Å². The zero-order chi connectivity index (χ0) is 13.4. The number of carbonyl (C=O) groups is 2. The van der Waals surface area contributed by atoms with E-state index in [4.69, 9.17) is 4.74 Å². The molecule has 1 N–H and O–H groups in total. The van der Waals surface area contributed by atoms with Crippen molar-refractivity contribution in [2.24, 2.45) is 0 Å². The maximum atomic E-state index is 11.7. The first-order valence-electron chi connectivity index (χ1n) is 5.76. The molecule has 0 aliphatic carbocycles. The van der Waals surface area contributed by atoms with Gasteiger partial charge in [-0.15, -0.1) is 11.3 Å². The number of esters is 1. The highest BCUT2D eigenvalue weighted by molar-refractivity contribution is 9.09. The van der Waals surface area contributed by atoms with Gasteiger partial charge in [0, 0.05) is 16.8 Å². The van der Waals surface area contributed by atoms with Gasteiger partial charge in [0.2, 0.25) is 0 Å². The number of amides is 1. The van der Waals surface area contributed by atoms with Crippen LogP contribution in [-0.2, 0) is 16.0 Å². The third-order valence-electron chi connectivity index (χ3n) is 2.15. The van der Waals surface area contributed by atoms with Crippen LogP contribution < -0.4 is 5.32 Å². The predicted octanol–water partition coefficient (Wildman–Crippen LogP) is 2.37. The van der Waals surface area contributed by atoms with Crippen LogP contribution in [0.2, 0.25) is 0 Å². The average Bonchev–Trinajstić information content (AvgIpc) is 2.78. The van der Waals surface area contributed by atoms with E-state index in [1.807, 2.05) is 12.1 Å². The van der Waals surface area contributed by atoms with Crippen LogP contribution >= 0.6 is 27.3 Å². The zero-order valence-corrected chi connectivity index (χ0v) is 12.6. The second kappa shape index (κ2) is 8.26. The van der Waals surface area contributed by atoms with Gasteiger partial charge in [-0.05, 0) is 25.5 Å². The summed E-state index contributed by atoms with van der Waals surface area (Å²) in [5.74, 6) is -0.422. The number of rotatable bonds is 7. The lowest BCUT2D eigenvalue weighted by molar-refractivity contribution is -0.142. The Bertz CT molecular complexity index is 406. The molecule has 0 bridgehead atoms. The number of thiophene rings is 1. The summed E-state index contributed by atoms with van der Waals surface area (Å²) in [5.41, 5.74) is 0. The molecule has 1 amide bonds. The van der Waals surface area contributed by atoms with E-state index in [0.717, 1.165) is 11.8 Å². The summed E-state index contributed by atoms with van der Waals surface area (Å²) < 4.78 is 4.77. The second-order valence-electron chi connectivity index (χ2n) is 3.52. The Labute approximate surface area is 119 Å². The number of nitrogens with one attached hydrogen (secondary N) is 1. The fourth-order valence-corrected chi connectivity index (χ4v) is 2.94. The minimum Gasteiger partial charge on any atom is -0.466 e. The number of alkyl halides is 1. The quantitative estimate of drug-likeness (QED) is 0.615. The minimum atomic E-state index is -0.288. The Hall–Kier alpha value is -0.880. The summed E-state index contributed by atoms with van der Waals surface area (Å²) in [4.78, 5) is 24.7. The topological polar surface area (TPSA) is 55.4 Å². The Morgan fingerprint density at radius 2 is 2.22 bits per heavy atom. The number of halogens is 1. The Morgan fingerprint density at radius 1 is 1.44 bits per heavy atom. The standard InChI is InChI=1S/C12H16BrNO3S/c1-2-17-11(15)6-8-14-12(16)10-4-3-9(18-10)5-7-13/h3-4H,2,5-8H2,1H3,(H,14,16). The molecule has 100 valence electrons. The number of hydrogen-bond acceptors (Lipinski definition) is 4. The normalized spacial score (nSPS) is 10.1. The SMILES string of the molecule is CCOC(=O)CCNC(=O)c1ccc(CCBr)s1. The van der Waals surface area contributed by atoms with E-state index in [-0.39, 0.29) is 18.3 Å². The van der Waals surface area contributed by atoms with E-state index < -0.39 is 0 Å². The molecule has 18 heavy (non-hydrogen) atoms. The molecule has 1 heterocycles. The predicted molar refractivity (Wildman–Crippen MR) is 75.4 cm³/mol. The molecular formula is C12H16BrNO3S. The zero-order valence-electron chi connectivity index (χ0n) is 10.2. The van der Waals surface area contributed by atoms with Crippen molar-refractivity contribution in [3.05, 3.63) is 21.9 Å². The summed E-state index contributed by atoms with van der Waals surface area (Å²) in [6.45, 7) is 2.44. The summed E-state index contributed by atoms with van der Waals surface area (Å²) in [5, 5.41) is 3.59. The molecule has 0 saturated heterocycles. The molecular weight excluding hydrogens is 318 g/mol. The van der Waals surface area contributed by atoms with Crippen LogP contribution in [0.1, 0.15) is 27.9 Å². The third kappa shape index (κ3) is 5.18. The highest BCUT2D eigenvalue weighted by Crippen LogP contribution is 2.17. The molecule has 0 radical (unpaired) electrons. The maximum absolute atomic E-state index is 11.7. The van der Waals surface area contributed by atoms with Gasteiger partial charge in [0.05, 0.1) is 17.9 Å². The molecule has 4 nitrogen and oxygen atoms in total. The lowest BCUT2D eigenvalue weighted by Crippen LogP contribution is -2.25. The Morgan fingerprint density at radius 3 is 2.89 bits per heavy atom. The van der Waals surface area contributed by atoms with Gasteiger partial charge in [-0.3, -0.25) is 9.59 Å². The molecule has 1 aromatic heterocycles. The summed E-state index contributed by atoms with van der Waals surface area (Å²) in [6, 6.07) is 3.76. The van der Waals surface area contributed by atoms with Crippen molar-refractivity contribution in [1.82, 2.24) is 5.32 Å². The smallest absolute Gasteiger partial charge is 0.307 e. The molecule has 6 heteroatoms. The Kier molecular flexibility index (Phi) is 6.97. The summed E-state index contributed by atoms with van der Waals surface area (Å²) >= 11 is 4.84. The van der Waals surface area contributed by atoms with E-state index in [1.165, 1.54) is 16.2 Å². The van der Waals surface area contributed by atoms with Crippen molar-refractivity contribution in [3.63, 3.8) is 0 Å². The van der Waals surface area contributed by atoms with Gasteiger partial charge >= 0.3 is 5.97 Å². The lowest BCUT2D eigenvalue weighted by Gasteiger charge is -2.03. The third-order valence-corrected chi connectivity index (χ3v) is 3.69. The first-order valence-corrected chi connectivity index (χ1v) is 7.69. The molecule has 0 fully saturated rings. The van der Waals surface area contributed by atoms with Crippen LogP contribution in [0.4, 0.5) is 0 Å². The monoisotopic (exact) mass is 333 g/mol. The van der Waals surface area contributed by atoms with Crippen molar-refractivity contribution in [2.45, 2.75) is 19.8 Å². The summed E-state index contributed by atoms with van der Waals surface area (Å²) in [7, 11) is 0. The van der Waals surface area contributed by atoms with E-state index in [2.05, 4.69) is 21.2 Å². The van der Waals surface area contributed by atoms with Crippen molar-refractivity contribution >= 4 is 39.1 Å². The van der Waals surface area contributed by atoms with Gasteiger partial charge in [-0.1, -0.05) is 15.9 Å². The van der Waals surface area contributed by atoms with Crippen molar-refractivity contribution in [2.75, 3.05) is 18.5 Å².